The number of amides is 1. The van der Waals surface area contributed by atoms with Gasteiger partial charge in [-0.15, -0.1) is 0 Å². The van der Waals surface area contributed by atoms with Crippen LogP contribution in [0.25, 0.3) is 0 Å². The van der Waals surface area contributed by atoms with E-state index in [0.717, 1.165) is 23.8 Å². The van der Waals surface area contributed by atoms with Crippen molar-refractivity contribution in [2.24, 2.45) is 0 Å². The zero-order valence-corrected chi connectivity index (χ0v) is 12.5. The van der Waals surface area contributed by atoms with Crippen LogP contribution >= 0.6 is 0 Å². The first-order valence-corrected chi connectivity index (χ1v) is 6.90. The first kappa shape index (κ1) is 14.6. The third kappa shape index (κ3) is 2.84. The monoisotopic (exact) mass is 275 g/mol. The Bertz CT molecular complexity index is 531. The molecule has 0 bridgehead atoms. The fourth-order valence-corrected chi connectivity index (χ4v) is 2.62. The molecule has 0 N–H and O–H groups in total. The summed E-state index contributed by atoms with van der Waals surface area (Å²) in [5.74, 6) is 0. The molecule has 1 unspecified atom stereocenters. The molecule has 0 fully saturated rings. The maximum Gasteiger partial charge on any atom is 0.410 e. The molecule has 1 aliphatic rings. The lowest BCUT2D eigenvalue weighted by Gasteiger charge is -2.36. The average molecular weight is 275 g/mol. The van der Waals surface area contributed by atoms with E-state index in [4.69, 9.17) is 4.74 Å². The molecular formula is C16H21NO3. The zero-order chi connectivity index (χ0) is 14.9. The minimum absolute atomic E-state index is 0.144. The Hall–Kier alpha value is -1.84. The molecule has 1 aromatic rings. The van der Waals surface area contributed by atoms with Gasteiger partial charge >= 0.3 is 6.09 Å². The molecule has 0 saturated heterocycles. The predicted octanol–water partition coefficient (Wildman–Crippen LogP) is 3.35. The van der Waals surface area contributed by atoms with Crippen LogP contribution in [-0.2, 0) is 11.2 Å². The predicted molar refractivity (Wildman–Crippen MR) is 76.9 cm³/mol. The van der Waals surface area contributed by atoms with Crippen molar-refractivity contribution in [1.82, 2.24) is 4.90 Å². The second-order valence-corrected chi connectivity index (χ2v) is 6.14. The maximum absolute atomic E-state index is 12.2. The van der Waals surface area contributed by atoms with Gasteiger partial charge in [0.15, 0.2) is 0 Å². The molecule has 1 amide bonds. The molecule has 20 heavy (non-hydrogen) atoms. The average Bonchev–Trinajstić information content (AvgIpc) is 2.36. The second-order valence-electron chi connectivity index (χ2n) is 6.14. The van der Waals surface area contributed by atoms with E-state index in [-0.39, 0.29) is 12.1 Å². The van der Waals surface area contributed by atoms with Crippen LogP contribution in [0, 0.1) is 0 Å². The number of hydrogen-bond acceptors (Lipinski definition) is 3. The Morgan fingerprint density at radius 3 is 2.70 bits per heavy atom. The summed E-state index contributed by atoms with van der Waals surface area (Å²) in [7, 11) is 0. The summed E-state index contributed by atoms with van der Waals surface area (Å²) in [5, 5.41) is 0. The number of aldehydes is 1. The summed E-state index contributed by atoms with van der Waals surface area (Å²) in [4.78, 5) is 25.1. The van der Waals surface area contributed by atoms with Crippen LogP contribution < -0.4 is 0 Å². The molecule has 1 aliphatic heterocycles. The van der Waals surface area contributed by atoms with E-state index < -0.39 is 5.60 Å². The smallest absolute Gasteiger partial charge is 0.410 e. The molecule has 4 nitrogen and oxygen atoms in total. The molecule has 1 atom stereocenters. The van der Waals surface area contributed by atoms with Gasteiger partial charge in [-0.1, -0.05) is 18.2 Å². The summed E-state index contributed by atoms with van der Waals surface area (Å²) in [6.07, 6.45) is 1.28. The third-order valence-corrected chi connectivity index (χ3v) is 3.49. The van der Waals surface area contributed by atoms with Crippen LogP contribution in [0.4, 0.5) is 4.79 Å². The third-order valence-electron chi connectivity index (χ3n) is 3.49. The van der Waals surface area contributed by atoms with Crippen LogP contribution in [0.2, 0.25) is 0 Å². The molecule has 108 valence electrons. The van der Waals surface area contributed by atoms with Gasteiger partial charge in [0, 0.05) is 12.1 Å². The van der Waals surface area contributed by atoms with Gasteiger partial charge in [0.05, 0.1) is 6.04 Å². The molecule has 0 aliphatic carbocycles. The zero-order valence-electron chi connectivity index (χ0n) is 12.5. The topological polar surface area (TPSA) is 46.6 Å². The highest BCUT2D eigenvalue weighted by Crippen LogP contribution is 2.32. The summed E-state index contributed by atoms with van der Waals surface area (Å²) < 4.78 is 5.43. The van der Waals surface area contributed by atoms with E-state index in [2.05, 4.69) is 0 Å². The van der Waals surface area contributed by atoms with Gasteiger partial charge in [0.25, 0.3) is 0 Å². The van der Waals surface area contributed by atoms with Crippen molar-refractivity contribution in [2.45, 2.75) is 45.8 Å². The molecule has 0 saturated carbocycles. The van der Waals surface area contributed by atoms with Crippen molar-refractivity contribution < 1.29 is 14.3 Å². The summed E-state index contributed by atoms with van der Waals surface area (Å²) >= 11 is 0. The van der Waals surface area contributed by atoms with Gasteiger partial charge in [-0.2, -0.15) is 0 Å². The van der Waals surface area contributed by atoms with Crippen LogP contribution in [0.1, 0.15) is 55.2 Å². The lowest BCUT2D eigenvalue weighted by atomic mass is 9.90. The summed E-state index contributed by atoms with van der Waals surface area (Å²) in [5.41, 5.74) is 2.23. The van der Waals surface area contributed by atoms with Gasteiger partial charge < -0.3 is 9.64 Å². The van der Waals surface area contributed by atoms with Gasteiger partial charge in [-0.05, 0) is 45.2 Å². The number of fused-ring (bicyclic) bond motifs is 1. The number of carbonyl (C=O) groups excluding carboxylic acids is 2. The SMILES string of the molecule is CC1c2c(C=O)cccc2CCN1C(=O)OC(C)(C)C. The van der Waals surface area contributed by atoms with Crippen molar-refractivity contribution >= 4 is 12.4 Å². The van der Waals surface area contributed by atoms with Gasteiger partial charge in [0.2, 0.25) is 0 Å². The van der Waals surface area contributed by atoms with Crippen molar-refractivity contribution in [3.05, 3.63) is 34.9 Å². The lowest BCUT2D eigenvalue weighted by molar-refractivity contribution is 0.0159. The largest absolute Gasteiger partial charge is 0.444 e. The van der Waals surface area contributed by atoms with E-state index >= 15 is 0 Å². The Kier molecular flexibility index (Phi) is 3.84. The molecule has 1 aromatic carbocycles. The number of carbonyl (C=O) groups is 2. The summed E-state index contributed by atoms with van der Waals surface area (Å²) in [6, 6.07) is 5.56. The standard InChI is InChI=1S/C16H21NO3/c1-11-14-12(6-5-7-13(14)10-18)8-9-17(11)15(19)20-16(2,3)4/h5-7,10-11H,8-9H2,1-4H3. The van der Waals surface area contributed by atoms with E-state index in [1.807, 2.05) is 39.8 Å². The normalized spacial score (nSPS) is 18.4. The quantitative estimate of drug-likeness (QED) is 0.738. The molecule has 4 heteroatoms. The van der Waals surface area contributed by atoms with Crippen molar-refractivity contribution in [3.63, 3.8) is 0 Å². The second kappa shape index (κ2) is 5.27. The number of ether oxygens (including phenoxy) is 1. The molecular weight excluding hydrogens is 254 g/mol. The van der Waals surface area contributed by atoms with E-state index in [9.17, 15) is 9.59 Å². The first-order valence-electron chi connectivity index (χ1n) is 6.90. The van der Waals surface area contributed by atoms with Crippen molar-refractivity contribution in [3.8, 4) is 0 Å². The molecule has 1 heterocycles. The minimum atomic E-state index is -0.513. The highest BCUT2D eigenvalue weighted by atomic mass is 16.6. The highest BCUT2D eigenvalue weighted by Gasteiger charge is 2.32. The maximum atomic E-state index is 12.2. The number of rotatable bonds is 1. The van der Waals surface area contributed by atoms with Crippen LogP contribution in [0.5, 0.6) is 0 Å². The van der Waals surface area contributed by atoms with E-state index in [1.165, 1.54) is 0 Å². The van der Waals surface area contributed by atoms with Crippen molar-refractivity contribution in [1.29, 1.82) is 0 Å². The van der Waals surface area contributed by atoms with Gasteiger partial charge in [-0.3, -0.25) is 4.79 Å². The van der Waals surface area contributed by atoms with E-state index in [0.29, 0.717) is 12.1 Å². The van der Waals surface area contributed by atoms with Gasteiger partial charge in [0.1, 0.15) is 11.9 Å². The van der Waals surface area contributed by atoms with Crippen LogP contribution in [0.15, 0.2) is 18.2 Å². The fraction of sp³-hybridized carbons (Fsp3) is 0.500. The number of hydrogen-bond donors (Lipinski definition) is 0. The number of nitrogens with zero attached hydrogens (tertiary/aromatic N) is 1. The molecule has 0 aromatic heterocycles. The lowest BCUT2D eigenvalue weighted by Crippen LogP contribution is -2.42. The minimum Gasteiger partial charge on any atom is -0.444 e. The molecule has 2 rings (SSSR count). The van der Waals surface area contributed by atoms with Crippen LogP contribution in [-0.4, -0.2) is 29.4 Å². The number of benzene rings is 1. The van der Waals surface area contributed by atoms with Gasteiger partial charge in [-0.25, -0.2) is 4.79 Å². The van der Waals surface area contributed by atoms with E-state index in [1.54, 1.807) is 11.0 Å². The fourth-order valence-electron chi connectivity index (χ4n) is 2.62. The molecule has 0 spiro atoms. The van der Waals surface area contributed by atoms with Crippen molar-refractivity contribution in [2.75, 3.05) is 6.54 Å². The summed E-state index contributed by atoms with van der Waals surface area (Å²) in [6.45, 7) is 8.11. The Balaban J connectivity index is 2.29. The molecule has 0 radical (unpaired) electrons. The van der Waals surface area contributed by atoms with Crippen LogP contribution in [0.3, 0.4) is 0 Å². The Morgan fingerprint density at radius 1 is 1.40 bits per heavy atom. The Morgan fingerprint density at radius 2 is 2.10 bits per heavy atom. The Labute approximate surface area is 119 Å². The highest BCUT2D eigenvalue weighted by molar-refractivity contribution is 5.79. The first-order chi connectivity index (χ1) is 9.33.